The Bertz CT molecular complexity index is 1160. The van der Waals surface area contributed by atoms with Crippen LogP contribution in [-0.2, 0) is 12.8 Å². The zero-order chi connectivity index (χ0) is 22.0. The highest BCUT2D eigenvalue weighted by molar-refractivity contribution is 5.94. The third kappa shape index (κ3) is 3.93. The van der Waals surface area contributed by atoms with Crippen molar-refractivity contribution < 1.29 is 9.18 Å². The molecule has 160 valence electrons. The molecule has 1 aromatic carbocycles. The predicted molar refractivity (Wildman–Crippen MR) is 113 cm³/mol. The molecule has 31 heavy (non-hydrogen) atoms. The summed E-state index contributed by atoms with van der Waals surface area (Å²) in [5, 5.41) is 17.4. The third-order valence-corrected chi connectivity index (χ3v) is 5.55. The molecule has 3 heterocycles. The number of nitrogens with zero attached hydrogens (tertiary/aromatic N) is 7. The monoisotopic (exact) mass is 421 g/mol. The summed E-state index contributed by atoms with van der Waals surface area (Å²) in [6.45, 7) is 6.28. The Hall–Kier alpha value is -3.54. The highest BCUT2D eigenvalue weighted by Gasteiger charge is 2.25. The number of anilines is 1. The molecule has 1 fully saturated rings. The number of halogens is 1. The lowest BCUT2D eigenvalue weighted by Crippen LogP contribution is -2.49. The maximum Gasteiger partial charge on any atom is 0.257 e. The molecule has 0 atom stereocenters. The summed E-state index contributed by atoms with van der Waals surface area (Å²) in [4.78, 5) is 21.2. The fraction of sp³-hybridized carbons (Fsp3) is 0.409. The van der Waals surface area contributed by atoms with Gasteiger partial charge in [0.25, 0.3) is 11.7 Å². The molecule has 1 amide bonds. The van der Waals surface area contributed by atoms with Crippen molar-refractivity contribution in [2.24, 2.45) is 0 Å². The van der Waals surface area contributed by atoms with Crippen LogP contribution >= 0.6 is 0 Å². The van der Waals surface area contributed by atoms with E-state index < -0.39 is 5.82 Å². The number of carbonyl (C=O) groups excluding carboxylic acids is 1. The first-order valence-corrected chi connectivity index (χ1v) is 10.5. The number of aryl methyl sites for hydroxylation is 2. The summed E-state index contributed by atoms with van der Waals surface area (Å²) in [7, 11) is 0. The number of hydrogen-bond donors (Lipinski definition) is 0. The molecule has 0 aliphatic carbocycles. The van der Waals surface area contributed by atoms with E-state index in [2.05, 4.69) is 28.1 Å². The molecular formula is C22H24FN7O. The minimum atomic E-state index is -0.665. The van der Waals surface area contributed by atoms with E-state index >= 15 is 0 Å². The summed E-state index contributed by atoms with van der Waals surface area (Å²) >= 11 is 0. The van der Waals surface area contributed by atoms with Crippen molar-refractivity contribution in [3.05, 3.63) is 52.7 Å². The van der Waals surface area contributed by atoms with Crippen molar-refractivity contribution in [3.63, 3.8) is 0 Å². The van der Waals surface area contributed by atoms with Crippen LogP contribution < -0.4 is 4.90 Å². The minimum absolute atomic E-state index is 0.00668. The molecule has 2 aromatic heterocycles. The lowest BCUT2D eigenvalue weighted by Gasteiger charge is -2.35. The molecule has 0 bridgehead atoms. The van der Waals surface area contributed by atoms with Gasteiger partial charge in [-0.1, -0.05) is 20.3 Å². The van der Waals surface area contributed by atoms with Gasteiger partial charge in [-0.3, -0.25) is 9.20 Å². The molecule has 0 unspecified atom stereocenters. The number of benzene rings is 1. The highest BCUT2D eigenvalue weighted by atomic mass is 19.1. The molecule has 1 saturated heterocycles. The number of rotatable bonds is 5. The van der Waals surface area contributed by atoms with Crippen molar-refractivity contribution in [1.82, 2.24) is 24.5 Å². The molecule has 9 heteroatoms. The maximum atomic E-state index is 14.2. The number of nitriles is 1. The lowest BCUT2D eigenvalue weighted by molar-refractivity contribution is 0.0742. The van der Waals surface area contributed by atoms with E-state index in [0.29, 0.717) is 32.0 Å². The maximum absolute atomic E-state index is 14.2. The van der Waals surface area contributed by atoms with Crippen molar-refractivity contribution in [2.45, 2.75) is 33.1 Å². The number of carbonyl (C=O) groups is 1. The Morgan fingerprint density at radius 3 is 2.58 bits per heavy atom. The SMILES string of the molecule is CCCc1cc(N2CCN(C(=O)c3ccc(C#N)cc3F)CC2)nc2nnc(CC)n12. The number of piperazine rings is 1. The second kappa shape index (κ2) is 8.68. The quantitative estimate of drug-likeness (QED) is 0.629. The minimum Gasteiger partial charge on any atom is -0.353 e. The lowest BCUT2D eigenvalue weighted by atomic mass is 10.1. The van der Waals surface area contributed by atoms with Crippen LogP contribution in [0.2, 0.25) is 0 Å². The van der Waals surface area contributed by atoms with Gasteiger partial charge in [-0.15, -0.1) is 10.2 Å². The topological polar surface area (TPSA) is 90.4 Å². The van der Waals surface area contributed by atoms with Crippen LogP contribution in [-0.4, -0.2) is 56.6 Å². The molecule has 8 nitrogen and oxygen atoms in total. The van der Waals surface area contributed by atoms with Crippen LogP contribution in [0.3, 0.4) is 0 Å². The number of fused-ring (bicyclic) bond motifs is 1. The van der Waals surface area contributed by atoms with Crippen molar-refractivity contribution in [2.75, 3.05) is 31.1 Å². The average Bonchev–Trinajstić information content (AvgIpc) is 3.22. The van der Waals surface area contributed by atoms with Gasteiger partial charge in [-0.05, 0) is 24.6 Å². The molecule has 0 spiro atoms. The smallest absolute Gasteiger partial charge is 0.257 e. The normalized spacial score (nSPS) is 14.1. The molecule has 1 aliphatic heterocycles. The van der Waals surface area contributed by atoms with Gasteiger partial charge in [0, 0.05) is 44.4 Å². The van der Waals surface area contributed by atoms with Crippen LogP contribution in [0.25, 0.3) is 5.78 Å². The number of aromatic nitrogens is 4. The number of amides is 1. The van der Waals surface area contributed by atoms with E-state index in [0.717, 1.165) is 42.7 Å². The highest BCUT2D eigenvalue weighted by Crippen LogP contribution is 2.21. The molecule has 0 radical (unpaired) electrons. The van der Waals surface area contributed by atoms with E-state index in [1.165, 1.54) is 12.1 Å². The molecule has 3 aromatic rings. The molecule has 1 aliphatic rings. The van der Waals surface area contributed by atoms with Crippen molar-refractivity contribution >= 4 is 17.5 Å². The Morgan fingerprint density at radius 1 is 1.16 bits per heavy atom. The first kappa shape index (κ1) is 20.7. The van der Waals surface area contributed by atoms with Crippen LogP contribution in [0, 0.1) is 17.1 Å². The van der Waals surface area contributed by atoms with E-state index in [-0.39, 0.29) is 17.0 Å². The Morgan fingerprint density at radius 2 is 1.94 bits per heavy atom. The fourth-order valence-corrected chi connectivity index (χ4v) is 3.92. The second-order valence-corrected chi connectivity index (χ2v) is 7.55. The second-order valence-electron chi connectivity index (χ2n) is 7.55. The van der Waals surface area contributed by atoms with E-state index in [1.807, 2.05) is 17.4 Å². The van der Waals surface area contributed by atoms with Crippen LogP contribution in [0.4, 0.5) is 10.2 Å². The van der Waals surface area contributed by atoms with Gasteiger partial charge >= 0.3 is 0 Å². The first-order valence-electron chi connectivity index (χ1n) is 10.5. The summed E-state index contributed by atoms with van der Waals surface area (Å²) in [5.74, 6) is 1.29. The Labute approximate surface area is 179 Å². The molecular weight excluding hydrogens is 397 g/mol. The van der Waals surface area contributed by atoms with E-state index in [9.17, 15) is 9.18 Å². The first-order chi connectivity index (χ1) is 15.0. The molecule has 0 N–H and O–H groups in total. The van der Waals surface area contributed by atoms with Crippen molar-refractivity contribution in [1.29, 1.82) is 5.26 Å². The summed E-state index contributed by atoms with van der Waals surface area (Å²) in [6, 6.07) is 7.90. The Kier molecular flexibility index (Phi) is 5.80. The average molecular weight is 421 g/mol. The van der Waals surface area contributed by atoms with Crippen molar-refractivity contribution in [3.8, 4) is 6.07 Å². The summed E-state index contributed by atoms with van der Waals surface area (Å²) in [5.41, 5.74) is 1.32. The summed E-state index contributed by atoms with van der Waals surface area (Å²) < 4.78 is 16.3. The van der Waals surface area contributed by atoms with Gasteiger partial charge in [0.05, 0.1) is 17.2 Å². The predicted octanol–water partition coefficient (Wildman–Crippen LogP) is 2.61. The standard InChI is InChI=1S/C22H24FN7O/c1-3-5-16-13-20(25-22-27-26-19(4-2)30(16)22)28-8-10-29(11-9-28)21(31)17-7-6-15(14-24)12-18(17)23/h6-7,12-13H,3-5,8-11H2,1-2H3. The van der Waals surface area contributed by atoms with Gasteiger partial charge in [0.1, 0.15) is 17.5 Å². The van der Waals surface area contributed by atoms with E-state index in [1.54, 1.807) is 4.90 Å². The van der Waals surface area contributed by atoms with Gasteiger partial charge in [-0.2, -0.15) is 10.2 Å². The van der Waals surface area contributed by atoms with Crippen LogP contribution in [0.5, 0.6) is 0 Å². The van der Waals surface area contributed by atoms with Crippen LogP contribution in [0.15, 0.2) is 24.3 Å². The molecule has 0 saturated carbocycles. The van der Waals surface area contributed by atoms with Gasteiger partial charge < -0.3 is 9.80 Å². The van der Waals surface area contributed by atoms with Gasteiger partial charge in [-0.25, -0.2) is 4.39 Å². The zero-order valence-corrected chi connectivity index (χ0v) is 17.7. The molecule has 4 rings (SSSR count). The van der Waals surface area contributed by atoms with Crippen LogP contribution in [0.1, 0.15) is 47.7 Å². The Balaban J connectivity index is 1.52. The van der Waals surface area contributed by atoms with Gasteiger partial charge in [0.15, 0.2) is 0 Å². The van der Waals surface area contributed by atoms with E-state index in [4.69, 9.17) is 10.2 Å². The third-order valence-electron chi connectivity index (χ3n) is 5.55. The fourth-order valence-electron chi connectivity index (χ4n) is 3.92. The zero-order valence-electron chi connectivity index (χ0n) is 17.7. The van der Waals surface area contributed by atoms with Gasteiger partial charge in [0.2, 0.25) is 0 Å². The summed E-state index contributed by atoms with van der Waals surface area (Å²) in [6.07, 6.45) is 2.68. The number of hydrogen-bond acceptors (Lipinski definition) is 6. The largest absolute Gasteiger partial charge is 0.353 e.